The van der Waals surface area contributed by atoms with Crippen molar-refractivity contribution in [3.8, 4) is 23.3 Å². The Labute approximate surface area is 93.9 Å². The molecule has 84 valence electrons. The molecule has 0 aromatic heterocycles. The van der Waals surface area contributed by atoms with Crippen LogP contribution in [-0.2, 0) is 0 Å². The van der Waals surface area contributed by atoms with Crippen LogP contribution in [0.15, 0.2) is 18.2 Å². The third-order valence-electron chi connectivity index (χ3n) is 1.95. The molecule has 1 amide bonds. The average molecular weight is 219 g/mol. The third-order valence-corrected chi connectivity index (χ3v) is 1.95. The summed E-state index contributed by atoms with van der Waals surface area (Å²) in [6, 6.07) is 3.93. The first-order chi connectivity index (χ1) is 7.65. The van der Waals surface area contributed by atoms with Gasteiger partial charge in [-0.05, 0) is 25.1 Å². The molecule has 1 aromatic carbocycles. The lowest BCUT2D eigenvalue weighted by atomic mass is 10.2. The van der Waals surface area contributed by atoms with Crippen LogP contribution in [0.2, 0.25) is 0 Å². The van der Waals surface area contributed by atoms with Gasteiger partial charge in [0.15, 0.2) is 11.5 Å². The van der Waals surface area contributed by atoms with E-state index in [1.54, 1.807) is 6.92 Å². The van der Waals surface area contributed by atoms with Crippen molar-refractivity contribution in [3.63, 3.8) is 0 Å². The fourth-order valence-electron chi connectivity index (χ4n) is 1.13. The Hall–Kier alpha value is -2.15. The molecule has 4 nitrogen and oxygen atoms in total. The average Bonchev–Trinajstić information content (AvgIpc) is 2.28. The normalized spacial score (nSPS) is 9.06. The van der Waals surface area contributed by atoms with Crippen molar-refractivity contribution in [3.05, 3.63) is 23.8 Å². The van der Waals surface area contributed by atoms with E-state index in [0.29, 0.717) is 18.5 Å². The second-order valence-corrected chi connectivity index (χ2v) is 3.14. The van der Waals surface area contributed by atoms with E-state index in [1.807, 2.05) is 0 Å². The molecule has 0 fully saturated rings. The van der Waals surface area contributed by atoms with Crippen molar-refractivity contribution in [2.75, 3.05) is 6.54 Å². The molecule has 4 heteroatoms. The van der Waals surface area contributed by atoms with Crippen molar-refractivity contribution >= 4 is 5.91 Å². The first-order valence-corrected chi connectivity index (χ1v) is 4.85. The molecule has 0 unspecified atom stereocenters. The maximum atomic E-state index is 11.5. The SMILES string of the molecule is CC#CCCNC(=O)c1ccc(O)c(O)c1. The van der Waals surface area contributed by atoms with Crippen LogP contribution in [-0.4, -0.2) is 22.7 Å². The summed E-state index contributed by atoms with van der Waals surface area (Å²) in [7, 11) is 0. The van der Waals surface area contributed by atoms with Gasteiger partial charge in [-0.3, -0.25) is 4.79 Å². The maximum absolute atomic E-state index is 11.5. The molecule has 0 bridgehead atoms. The fraction of sp³-hybridized carbons (Fsp3) is 0.250. The van der Waals surface area contributed by atoms with Crippen molar-refractivity contribution < 1.29 is 15.0 Å². The highest BCUT2D eigenvalue weighted by Crippen LogP contribution is 2.24. The summed E-state index contributed by atoms with van der Waals surface area (Å²) in [6.07, 6.45) is 0.590. The summed E-state index contributed by atoms with van der Waals surface area (Å²) < 4.78 is 0. The lowest BCUT2D eigenvalue weighted by Gasteiger charge is -2.04. The van der Waals surface area contributed by atoms with Crippen molar-refractivity contribution in [1.29, 1.82) is 0 Å². The second-order valence-electron chi connectivity index (χ2n) is 3.14. The van der Waals surface area contributed by atoms with Crippen LogP contribution in [0.1, 0.15) is 23.7 Å². The van der Waals surface area contributed by atoms with E-state index in [-0.39, 0.29) is 17.4 Å². The van der Waals surface area contributed by atoms with Crippen LogP contribution < -0.4 is 5.32 Å². The molecule has 0 saturated heterocycles. The summed E-state index contributed by atoms with van der Waals surface area (Å²) in [6.45, 7) is 2.20. The molecule has 0 aliphatic carbocycles. The van der Waals surface area contributed by atoms with Crippen molar-refractivity contribution in [1.82, 2.24) is 5.32 Å². The van der Waals surface area contributed by atoms with Gasteiger partial charge in [0.2, 0.25) is 0 Å². The topological polar surface area (TPSA) is 69.6 Å². The summed E-state index contributed by atoms with van der Waals surface area (Å²) in [5.74, 6) is 4.70. The van der Waals surface area contributed by atoms with Crippen LogP contribution in [0.4, 0.5) is 0 Å². The highest BCUT2D eigenvalue weighted by Gasteiger charge is 2.07. The first-order valence-electron chi connectivity index (χ1n) is 4.85. The van der Waals surface area contributed by atoms with E-state index in [4.69, 9.17) is 5.11 Å². The number of carbonyl (C=O) groups is 1. The van der Waals surface area contributed by atoms with Crippen LogP contribution in [0, 0.1) is 11.8 Å². The largest absolute Gasteiger partial charge is 0.504 e. The summed E-state index contributed by atoms with van der Waals surface area (Å²) >= 11 is 0. The Morgan fingerprint density at radius 1 is 1.38 bits per heavy atom. The molecular formula is C12H13NO3. The molecule has 0 atom stereocenters. The molecule has 0 aliphatic rings. The van der Waals surface area contributed by atoms with E-state index >= 15 is 0 Å². The monoisotopic (exact) mass is 219 g/mol. The minimum Gasteiger partial charge on any atom is -0.504 e. The van der Waals surface area contributed by atoms with Crippen LogP contribution >= 0.6 is 0 Å². The predicted molar refractivity (Wildman–Crippen MR) is 60.2 cm³/mol. The molecule has 3 N–H and O–H groups in total. The number of phenols is 2. The van der Waals surface area contributed by atoms with Crippen LogP contribution in [0.25, 0.3) is 0 Å². The Balaban J connectivity index is 2.58. The van der Waals surface area contributed by atoms with Gasteiger partial charge in [0.25, 0.3) is 5.91 Å². The van der Waals surface area contributed by atoms with Gasteiger partial charge in [-0.2, -0.15) is 0 Å². The van der Waals surface area contributed by atoms with Crippen LogP contribution in [0.5, 0.6) is 11.5 Å². The first kappa shape index (κ1) is 11.9. The van der Waals surface area contributed by atoms with Gasteiger partial charge in [-0.1, -0.05) is 0 Å². The molecule has 0 aliphatic heterocycles. The lowest BCUT2D eigenvalue weighted by molar-refractivity contribution is 0.0954. The molecule has 0 saturated carbocycles. The van der Waals surface area contributed by atoms with Crippen LogP contribution in [0.3, 0.4) is 0 Å². The Morgan fingerprint density at radius 3 is 2.75 bits per heavy atom. The van der Waals surface area contributed by atoms with Gasteiger partial charge < -0.3 is 15.5 Å². The number of hydrogen-bond acceptors (Lipinski definition) is 3. The molecular weight excluding hydrogens is 206 g/mol. The molecule has 0 heterocycles. The zero-order valence-corrected chi connectivity index (χ0v) is 8.95. The van der Waals surface area contributed by atoms with Gasteiger partial charge in [-0.15, -0.1) is 11.8 Å². The van der Waals surface area contributed by atoms with E-state index in [1.165, 1.54) is 18.2 Å². The summed E-state index contributed by atoms with van der Waals surface area (Å²) in [4.78, 5) is 11.5. The number of phenolic OH excluding ortho intramolecular Hbond substituents is 2. The number of rotatable bonds is 3. The second kappa shape index (κ2) is 5.66. The predicted octanol–water partition coefficient (Wildman–Crippen LogP) is 1.24. The van der Waals surface area contributed by atoms with Gasteiger partial charge in [0.05, 0.1) is 0 Å². The lowest BCUT2D eigenvalue weighted by Crippen LogP contribution is -2.24. The molecule has 16 heavy (non-hydrogen) atoms. The highest BCUT2D eigenvalue weighted by atomic mass is 16.3. The number of amides is 1. The summed E-state index contributed by atoms with van der Waals surface area (Å²) in [5, 5.41) is 20.9. The number of carbonyl (C=O) groups excluding carboxylic acids is 1. The number of benzene rings is 1. The van der Waals surface area contributed by atoms with E-state index in [2.05, 4.69) is 17.2 Å². The van der Waals surface area contributed by atoms with Gasteiger partial charge in [0, 0.05) is 18.5 Å². The molecule has 1 aromatic rings. The maximum Gasteiger partial charge on any atom is 0.251 e. The van der Waals surface area contributed by atoms with Gasteiger partial charge >= 0.3 is 0 Å². The third kappa shape index (κ3) is 3.21. The minimum absolute atomic E-state index is 0.242. The quantitative estimate of drug-likeness (QED) is 0.407. The highest BCUT2D eigenvalue weighted by molar-refractivity contribution is 5.94. The number of aromatic hydroxyl groups is 2. The standard InChI is InChI=1S/C12H13NO3/c1-2-3-4-7-13-12(16)9-5-6-10(14)11(15)8-9/h5-6,8,14-15H,4,7H2,1H3,(H,13,16). The van der Waals surface area contributed by atoms with E-state index in [0.717, 1.165) is 0 Å². The minimum atomic E-state index is -0.305. The van der Waals surface area contributed by atoms with Crippen molar-refractivity contribution in [2.45, 2.75) is 13.3 Å². The van der Waals surface area contributed by atoms with Crippen molar-refractivity contribution in [2.24, 2.45) is 0 Å². The number of nitrogens with one attached hydrogen (secondary N) is 1. The molecule has 1 rings (SSSR count). The van der Waals surface area contributed by atoms with Gasteiger partial charge in [-0.25, -0.2) is 0 Å². The van der Waals surface area contributed by atoms with E-state index in [9.17, 15) is 9.90 Å². The van der Waals surface area contributed by atoms with E-state index < -0.39 is 0 Å². The summed E-state index contributed by atoms with van der Waals surface area (Å²) in [5.41, 5.74) is 0.305. The zero-order chi connectivity index (χ0) is 12.0. The smallest absolute Gasteiger partial charge is 0.251 e. The fourth-order valence-corrected chi connectivity index (χ4v) is 1.13. The molecule has 0 radical (unpaired) electrons. The Morgan fingerprint density at radius 2 is 2.12 bits per heavy atom. The Kier molecular flexibility index (Phi) is 4.22. The van der Waals surface area contributed by atoms with Gasteiger partial charge in [0.1, 0.15) is 0 Å². The number of hydrogen-bond donors (Lipinski definition) is 3. The Bertz CT molecular complexity index is 443. The zero-order valence-electron chi connectivity index (χ0n) is 8.95. The molecule has 0 spiro atoms.